The molecule has 0 spiro atoms. The molecule has 0 amide bonds. The monoisotopic (exact) mass is 292 g/mol. The Kier molecular flexibility index (Phi) is 5.68. The summed E-state index contributed by atoms with van der Waals surface area (Å²) in [5.41, 5.74) is 0.701. The minimum Gasteiger partial charge on any atom is -0.435 e. The maximum Gasteiger partial charge on any atom is 0.224 e. The fourth-order valence-electron chi connectivity index (χ4n) is 1.95. The Labute approximate surface area is 124 Å². The van der Waals surface area contributed by atoms with Crippen molar-refractivity contribution < 1.29 is 9.13 Å². The van der Waals surface area contributed by atoms with Gasteiger partial charge in [0.05, 0.1) is 18.6 Å². The lowest BCUT2D eigenvalue weighted by atomic mass is 10.2. The third-order valence-electron chi connectivity index (χ3n) is 2.91. The van der Waals surface area contributed by atoms with E-state index in [1.807, 2.05) is 10.9 Å². The molecular weight excluding hydrogens is 271 g/mol. The first-order valence-corrected chi connectivity index (χ1v) is 7.28. The zero-order chi connectivity index (χ0) is 15.1. The molecule has 2 aromatic heterocycles. The summed E-state index contributed by atoms with van der Waals surface area (Å²) in [4.78, 5) is 4.03. The molecule has 0 aliphatic carbocycles. The van der Waals surface area contributed by atoms with E-state index < -0.39 is 0 Å². The summed E-state index contributed by atoms with van der Waals surface area (Å²) in [6, 6.07) is 1.45. The van der Waals surface area contributed by atoms with E-state index in [2.05, 4.69) is 29.2 Å². The predicted octanol–water partition coefficient (Wildman–Crippen LogP) is 3.12. The number of hydrogen-bond donors (Lipinski definition) is 1. The second-order valence-electron chi connectivity index (χ2n) is 4.84. The van der Waals surface area contributed by atoms with Gasteiger partial charge in [0.15, 0.2) is 5.75 Å². The molecule has 0 fully saturated rings. The number of hydrogen-bond acceptors (Lipinski definition) is 4. The Morgan fingerprint density at radius 1 is 1.29 bits per heavy atom. The lowest BCUT2D eigenvalue weighted by molar-refractivity contribution is 0.447. The highest BCUT2D eigenvalue weighted by Gasteiger charge is 2.09. The molecule has 0 radical (unpaired) electrons. The van der Waals surface area contributed by atoms with Crippen molar-refractivity contribution in [3.63, 3.8) is 0 Å². The predicted molar refractivity (Wildman–Crippen MR) is 78.8 cm³/mol. The maximum absolute atomic E-state index is 13.3. The molecule has 0 atom stereocenters. The van der Waals surface area contributed by atoms with E-state index >= 15 is 0 Å². The van der Waals surface area contributed by atoms with E-state index in [9.17, 15) is 4.39 Å². The lowest BCUT2D eigenvalue weighted by Gasteiger charge is -2.09. The normalized spacial score (nSPS) is 10.8. The molecule has 0 aromatic carbocycles. The molecule has 2 rings (SSSR count). The van der Waals surface area contributed by atoms with Crippen LogP contribution in [0.4, 0.5) is 4.39 Å². The molecule has 2 aromatic rings. The number of nitrogens with zero attached hydrogens (tertiary/aromatic N) is 3. The van der Waals surface area contributed by atoms with E-state index in [-0.39, 0.29) is 5.82 Å². The highest BCUT2D eigenvalue weighted by Crippen LogP contribution is 2.23. The van der Waals surface area contributed by atoms with Crippen LogP contribution in [0.25, 0.3) is 0 Å². The Balaban J connectivity index is 2.10. The summed E-state index contributed by atoms with van der Waals surface area (Å²) in [5, 5.41) is 7.42. The summed E-state index contributed by atoms with van der Waals surface area (Å²) in [5.74, 6) is 0.660. The van der Waals surface area contributed by atoms with Crippen LogP contribution in [0.3, 0.4) is 0 Å². The van der Waals surface area contributed by atoms with Gasteiger partial charge in [-0.3, -0.25) is 4.68 Å². The molecule has 0 aliphatic rings. The second kappa shape index (κ2) is 7.73. The van der Waals surface area contributed by atoms with Crippen molar-refractivity contribution in [2.75, 3.05) is 6.54 Å². The fraction of sp³-hybridized carbons (Fsp3) is 0.467. The number of rotatable bonds is 8. The Hall–Kier alpha value is -1.95. The number of nitrogens with one attached hydrogen (secondary N) is 1. The van der Waals surface area contributed by atoms with Crippen molar-refractivity contribution in [1.82, 2.24) is 20.1 Å². The Morgan fingerprint density at radius 2 is 2.14 bits per heavy atom. The van der Waals surface area contributed by atoms with Crippen LogP contribution < -0.4 is 10.1 Å². The SMILES string of the molecule is CCCNCc1cc(F)cnc1Oc1cnn(CCC)c1. The minimum absolute atomic E-state index is 0.364. The van der Waals surface area contributed by atoms with E-state index in [0.717, 1.165) is 32.1 Å². The molecule has 0 saturated heterocycles. The van der Waals surface area contributed by atoms with E-state index in [4.69, 9.17) is 4.74 Å². The van der Waals surface area contributed by atoms with Gasteiger partial charge in [-0.1, -0.05) is 13.8 Å². The van der Waals surface area contributed by atoms with Crippen LogP contribution in [0.1, 0.15) is 32.3 Å². The van der Waals surface area contributed by atoms with Crippen molar-refractivity contribution in [2.45, 2.75) is 39.8 Å². The third kappa shape index (κ3) is 4.53. The number of aromatic nitrogens is 3. The van der Waals surface area contributed by atoms with Crippen LogP contribution in [0.15, 0.2) is 24.7 Å². The smallest absolute Gasteiger partial charge is 0.224 e. The molecule has 0 unspecified atom stereocenters. The minimum atomic E-state index is -0.364. The Bertz CT molecular complexity index is 571. The average molecular weight is 292 g/mol. The number of pyridine rings is 1. The van der Waals surface area contributed by atoms with Crippen molar-refractivity contribution in [2.24, 2.45) is 0 Å². The molecular formula is C15H21FN4O. The zero-order valence-electron chi connectivity index (χ0n) is 12.5. The summed E-state index contributed by atoms with van der Waals surface area (Å²) in [7, 11) is 0. The molecule has 6 heteroatoms. The molecule has 2 heterocycles. The molecule has 5 nitrogen and oxygen atoms in total. The van der Waals surface area contributed by atoms with Crippen LogP contribution in [-0.2, 0) is 13.1 Å². The van der Waals surface area contributed by atoms with Crippen molar-refractivity contribution in [1.29, 1.82) is 0 Å². The molecule has 21 heavy (non-hydrogen) atoms. The summed E-state index contributed by atoms with van der Waals surface area (Å²) in [6.07, 6.45) is 6.64. The van der Waals surface area contributed by atoms with Crippen LogP contribution in [0.2, 0.25) is 0 Å². The molecule has 114 valence electrons. The second-order valence-corrected chi connectivity index (χ2v) is 4.84. The van der Waals surface area contributed by atoms with Crippen molar-refractivity contribution in [3.8, 4) is 11.6 Å². The van der Waals surface area contributed by atoms with Gasteiger partial charge in [0, 0.05) is 18.7 Å². The van der Waals surface area contributed by atoms with E-state index in [1.165, 1.54) is 6.07 Å². The van der Waals surface area contributed by atoms with Crippen LogP contribution in [0, 0.1) is 5.82 Å². The summed E-state index contributed by atoms with van der Waals surface area (Å²) in [6.45, 7) is 6.39. The highest BCUT2D eigenvalue weighted by molar-refractivity contribution is 5.30. The first-order valence-electron chi connectivity index (χ1n) is 7.28. The molecule has 1 N–H and O–H groups in total. The standard InChI is InChI=1S/C15H21FN4O/c1-3-5-17-8-12-7-13(16)9-18-15(12)21-14-10-19-20(11-14)6-4-2/h7,9-11,17H,3-6,8H2,1-2H3. The topological polar surface area (TPSA) is 52.0 Å². The van der Waals surface area contributed by atoms with Gasteiger partial charge < -0.3 is 10.1 Å². The van der Waals surface area contributed by atoms with Gasteiger partial charge in [0.2, 0.25) is 5.88 Å². The van der Waals surface area contributed by atoms with Gasteiger partial charge >= 0.3 is 0 Å². The molecule has 0 saturated carbocycles. The average Bonchev–Trinajstić information content (AvgIpc) is 2.90. The van der Waals surface area contributed by atoms with Crippen LogP contribution >= 0.6 is 0 Å². The van der Waals surface area contributed by atoms with Gasteiger partial charge in [-0.2, -0.15) is 5.10 Å². The van der Waals surface area contributed by atoms with Crippen LogP contribution in [-0.4, -0.2) is 21.3 Å². The van der Waals surface area contributed by atoms with E-state index in [1.54, 1.807) is 6.20 Å². The largest absolute Gasteiger partial charge is 0.435 e. The van der Waals surface area contributed by atoms with Gasteiger partial charge in [0.1, 0.15) is 5.82 Å². The van der Waals surface area contributed by atoms with Gasteiger partial charge in [-0.05, 0) is 25.5 Å². The first-order chi connectivity index (χ1) is 10.2. The molecule has 0 aliphatic heterocycles. The molecule has 0 bridgehead atoms. The van der Waals surface area contributed by atoms with E-state index in [0.29, 0.717) is 23.7 Å². The maximum atomic E-state index is 13.3. The van der Waals surface area contributed by atoms with Gasteiger partial charge in [-0.15, -0.1) is 0 Å². The zero-order valence-corrected chi connectivity index (χ0v) is 12.5. The summed E-state index contributed by atoms with van der Waals surface area (Å²) < 4.78 is 20.9. The van der Waals surface area contributed by atoms with Crippen molar-refractivity contribution in [3.05, 3.63) is 36.0 Å². The fourth-order valence-corrected chi connectivity index (χ4v) is 1.95. The van der Waals surface area contributed by atoms with Crippen molar-refractivity contribution >= 4 is 0 Å². The summed E-state index contributed by atoms with van der Waals surface area (Å²) >= 11 is 0. The Morgan fingerprint density at radius 3 is 2.90 bits per heavy atom. The number of halogens is 1. The number of aryl methyl sites for hydroxylation is 1. The van der Waals surface area contributed by atoms with Gasteiger partial charge in [-0.25, -0.2) is 9.37 Å². The third-order valence-corrected chi connectivity index (χ3v) is 2.91. The first kappa shape index (κ1) is 15.4. The highest BCUT2D eigenvalue weighted by atomic mass is 19.1. The lowest BCUT2D eigenvalue weighted by Crippen LogP contribution is -2.15. The van der Waals surface area contributed by atoms with Gasteiger partial charge in [0.25, 0.3) is 0 Å². The number of ether oxygens (including phenoxy) is 1. The quantitative estimate of drug-likeness (QED) is 0.760. The van der Waals surface area contributed by atoms with Crippen LogP contribution in [0.5, 0.6) is 11.6 Å².